The summed E-state index contributed by atoms with van der Waals surface area (Å²) in [7, 11) is 1.91. The van der Waals surface area contributed by atoms with Crippen molar-refractivity contribution >= 4 is 21.7 Å². The molecule has 1 aromatic heterocycles. The SMILES string of the molecule is CCNc1cc(Br)nn1C. The normalized spacial score (nSPS) is 9.90. The van der Waals surface area contributed by atoms with Crippen molar-refractivity contribution in [3.8, 4) is 0 Å². The van der Waals surface area contributed by atoms with Crippen molar-refractivity contribution in [1.29, 1.82) is 0 Å². The van der Waals surface area contributed by atoms with Crippen LogP contribution in [0.25, 0.3) is 0 Å². The summed E-state index contributed by atoms with van der Waals surface area (Å²) in [5.41, 5.74) is 0. The van der Waals surface area contributed by atoms with Crippen molar-refractivity contribution in [2.45, 2.75) is 6.92 Å². The maximum absolute atomic E-state index is 4.10. The molecule has 0 spiro atoms. The van der Waals surface area contributed by atoms with Gasteiger partial charge in [-0.2, -0.15) is 5.10 Å². The standard InChI is InChI=1S/C6H10BrN3/c1-3-8-6-4-5(7)9-10(6)2/h4,8H,3H2,1-2H3. The Labute approximate surface area is 68.6 Å². The first-order chi connectivity index (χ1) is 4.74. The lowest BCUT2D eigenvalue weighted by Gasteiger charge is -2.00. The van der Waals surface area contributed by atoms with Crippen molar-refractivity contribution in [3.05, 3.63) is 10.7 Å². The lowest BCUT2D eigenvalue weighted by Crippen LogP contribution is -2.02. The Morgan fingerprint density at radius 2 is 2.50 bits per heavy atom. The van der Waals surface area contributed by atoms with Crippen LogP contribution in [-0.2, 0) is 7.05 Å². The Morgan fingerprint density at radius 3 is 2.90 bits per heavy atom. The van der Waals surface area contributed by atoms with Gasteiger partial charge in [0.15, 0.2) is 0 Å². The van der Waals surface area contributed by atoms with Crippen LogP contribution in [0.5, 0.6) is 0 Å². The maximum Gasteiger partial charge on any atom is 0.130 e. The molecule has 56 valence electrons. The fourth-order valence-corrected chi connectivity index (χ4v) is 1.23. The molecule has 0 aliphatic rings. The topological polar surface area (TPSA) is 29.9 Å². The second kappa shape index (κ2) is 3.05. The third kappa shape index (κ3) is 1.50. The van der Waals surface area contributed by atoms with E-state index in [1.54, 1.807) is 4.68 Å². The van der Waals surface area contributed by atoms with E-state index in [1.165, 1.54) is 0 Å². The summed E-state index contributed by atoms with van der Waals surface area (Å²) < 4.78 is 2.67. The molecule has 10 heavy (non-hydrogen) atoms. The molecular weight excluding hydrogens is 194 g/mol. The summed E-state index contributed by atoms with van der Waals surface area (Å²) in [6.07, 6.45) is 0. The molecule has 1 rings (SSSR count). The van der Waals surface area contributed by atoms with Gasteiger partial charge in [-0.25, -0.2) is 0 Å². The van der Waals surface area contributed by atoms with Crippen LogP contribution in [0.1, 0.15) is 6.92 Å². The Balaban J connectivity index is 2.81. The lowest BCUT2D eigenvalue weighted by molar-refractivity contribution is 0.764. The van der Waals surface area contributed by atoms with Crippen molar-refractivity contribution in [2.24, 2.45) is 7.05 Å². The van der Waals surface area contributed by atoms with Gasteiger partial charge in [-0.15, -0.1) is 0 Å². The first-order valence-corrected chi connectivity index (χ1v) is 3.96. The van der Waals surface area contributed by atoms with Gasteiger partial charge in [0.25, 0.3) is 0 Å². The fraction of sp³-hybridized carbons (Fsp3) is 0.500. The summed E-state index contributed by atoms with van der Waals surface area (Å²) in [4.78, 5) is 0. The monoisotopic (exact) mass is 203 g/mol. The van der Waals surface area contributed by atoms with E-state index in [9.17, 15) is 0 Å². The molecule has 0 aliphatic heterocycles. The molecule has 0 radical (unpaired) electrons. The van der Waals surface area contributed by atoms with E-state index in [0.29, 0.717) is 0 Å². The Bertz CT molecular complexity index is 219. The quantitative estimate of drug-likeness (QED) is 0.793. The van der Waals surface area contributed by atoms with Crippen LogP contribution in [0.15, 0.2) is 10.7 Å². The van der Waals surface area contributed by atoms with E-state index in [1.807, 2.05) is 13.1 Å². The lowest BCUT2D eigenvalue weighted by atomic mass is 10.6. The summed E-state index contributed by atoms with van der Waals surface area (Å²) in [5.74, 6) is 1.04. The van der Waals surface area contributed by atoms with Gasteiger partial charge in [0.2, 0.25) is 0 Å². The molecule has 3 nitrogen and oxygen atoms in total. The van der Waals surface area contributed by atoms with E-state index in [0.717, 1.165) is 17.0 Å². The van der Waals surface area contributed by atoms with Crippen LogP contribution in [0.4, 0.5) is 5.82 Å². The minimum absolute atomic E-state index is 0.867. The van der Waals surface area contributed by atoms with Crippen LogP contribution in [0.3, 0.4) is 0 Å². The highest BCUT2D eigenvalue weighted by atomic mass is 79.9. The second-order valence-corrected chi connectivity index (χ2v) is 2.82. The molecule has 0 aromatic carbocycles. The molecular formula is C6H10BrN3. The van der Waals surface area contributed by atoms with Gasteiger partial charge in [0, 0.05) is 19.7 Å². The third-order valence-electron chi connectivity index (χ3n) is 1.21. The predicted octanol–water partition coefficient (Wildman–Crippen LogP) is 1.61. The average molecular weight is 204 g/mol. The van der Waals surface area contributed by atoms with E-state index in [4.69, 9.17) is 0 Å². The van der Waals surface area contributed by atoms with Gasteiger partial charge in [-0.05, 0) is 22.9 Å². The summed E-state index contributed by atoms with van der Waals surface area (Å²) >= 11 is 3.28. The third-order valence-corrected chi connectivity index (χ3v) is 1.60. The zero-order chi connectivity index (χ0) is 7.56. The Hall–Kier alpha value is -0.510. The zero-order valence-electron chi connectivity index (χ0n) is 6.06. The van der Waals surface area contributed by atoms with Crippen molar-refractivity contribution < 1.29 is 0 Å². The summed E-state index contributed by atoms with van der Waals surface area (Å²) in [5, 5.41) is 7.27. The molecule has 0 unspecified atom stereocenters. The Morgan fingerprint density at radius 1 is 1.80 bits per heavy atom. The van der Waals surface area contributed by atoms with Gasteiger partial charge < -0.3 is 5.32 Å². The fourth-order valence-electron chi connectivity index (χ4n) is 0.779. The van der Waals surface area contributed by atoms with Crippen LogP contribution < -0.4 is 5.32 Å². The number of nitrogens with one attached hydrogen (secondary N) is 1. The van der Waals surface area contributed by atoms with Crippen LogP contribution >= 0.6 is 15.9 Å². The number of anilines is 1. The Kier molecular flexibility index (Phi) is 2.32. The van der Waals surface area contributed by atoms with E-state index in [-0.39, 0.29) is 0 Å². The highest BCUT2D eigenvalue weighted by Gasteiger charge is 1.98. The van der Waals surface area contributed by atoms with Gasteiger partial charge in [0.1, 0.15) is 10.4 Å². The molecule has 0 fully saturated rings. The van der Waals surface area contributed by atoms with Gasteiger partial charge in [0.05, 0.1) is 0 Å². The number of hydrogen-bond acceptors (Lipinski definition) is 2. The van der Waals surface area contributed by atoms with Gasteiger partial charge >= 0.3 is 0 Å². The van der Waals surface area contributed by atoms with Crippen molar-refractivity contribution in [3.63, 3.8) is 0 Å². The molecule has 0 saturated carbocycles. The van der Waals surface area contributed by atoms with Crippen LogP contribution in [0.2, 0.25) is 0 Å². The summed E-state index contributed by atoms with van der Waals surface area (Å²) in [6.45, 7) is 2.98. The zero-order valence-corrected chi connectivity index (χ0v) is 7.64. The van der Waals surface area contributed by atoms with E-state index >= 15 is 0 Å². The van der Waals surface area contributed by atoms with E-state index < -0.39 is 0 Å². The predicted molar refractivity (Wildman–Crippen MR) is 45.1 cm³/mol. The molecule has 1 N–H and O–H groups in total. The number of aryl methyl sites for hydroxylation is 1. The number of aromatic nitrogens is 2. The van der Waals surface area contributed by atoms with Gasteiger partial charge in [-0.3, -0.25) is 4.68 Å². The first kappa shape index (κ1) is 7.60. The van der Waals surface area contributed by atoms with E-state index in [2.05, 4.69) is 33.3 Å². The van der Waals surface area contributed by atoms with Crippen LogP contribution in [0, 0.1) is 0 Å². The van der Waals surface area contributed by atoms with Crippen molar-refractivity contribution in [2.75, 3.05) is 11.9 Å². The van der Waals surface area contributed by atoms with Crippen molar-refractivity contribution in [1.82, 2.24) is 9.78 Å². The van der Waals surface area contributed by atoms with Crippen LogP contribution in [-0.4, -0.2) is 16.3 Å². The minimum atomic E-state index is 0.867. The second-order valence-electron chi connectivity index (χ2n) is 2.01. The molecule has 1 heterocycles. The largest absolute Gasteiger partial charge is 0.371 e. The first-order valence-electron chi connectivity index (χ1n) is 3.17. The maximum atomic E-state index is 4.10. The number of nitrogens with zero attached hydrogens (tertiary/aromatic N) is 2. The number of halogens is 1. The molecule has 1 aromatic rings. The highest BCUT2D eigenvalue weighted by molar-refractivity contribution is 9.10. The molecule has 0 amide bonds. The minimum Gasteiger partial charge on any atom is -0.371 e. The molecule has 0 aliphatic carbocycles. The summed E-state index contributed by atoms with van der Waals surface area (Å²) in [6, 6.07) is 1.95. The average Bonchev–Trinajstić information content (AvgIpc) is 2.13. The van der Waals surface area contributed by atoms with Gasteiger partial charge in [-0.1, -0.05) is 0 Å². The molecule has 0 bridgehead atoms. The molecule has 0 atom stereocenters. The highest BCUT2D eigenvalue weighted by Crippen LogP contribution is 2.13. The number of hydrogen-bond donors (Lipinski definition) is 1. The number of rotatable bonds is 2. The smallest absolute Gasteiger partial charge is 0.130 e. The molecule has 0 saturated heterocycles. The molecule has 4 heteroatoms.